The molecule has 0 unspecified atom stereocenters. The van der Waals surface area contributed by atoms with Crippen molar-refractivity contribution in [3.63, 3.8) is 0 Å². The van der Waals surface area contributed by atoms with E-state index in [4.69, 9.17) is 15.7 Å². The van der Waals surface area contributed by atoms with Gasteiger partial charge in [-0.05, 0) is 70.2 Å². The van der Waals surface area contributed by atoms with Crippen molar-refractivity contribution in [1.29, 1.82) is 0 Å². The molecule has 0 spiro atoms. The molecule has 0 atom stereocenters. The monoisotopic (exact) mass is 850 g/mol. The number of hydrogen-bond donors (Lipinski definition) is 1. The van der Waals surface area contributed by atoms with E-state index in [9.17, 15) is 0 Å². The van der Waals surface area contributed by atoms with Crippen LogP contribution < -0.4 is 44.6 Å². The summed E-state index contributed by atoms with van der Waals surface area (Å²) in [5.41, 5.74) is 17.7. The van der Waals surface area contributed by atoms with Crippen molar-refractivity contribution < 1.29 is 50.5 Å². The Bertz CT molecular complexity index is 1850. The summed E-state index contributed by atoms with van der Waals surface area (Å²) in [4.78, 5) is 13.1. The molecule has 0 saturated heterocycles. The van der Waals surface area contributed by atoms with Gasteiger partial charge in [-0.15, -0.1) is 0 Å². The van der Waals surface area contributed by atoms with Gasteiger partial charge < -0.3 is 39.7 Å². The van der Waals surface area contributed by atoms with Crippen molar-refractivity contribution in [3.8, 4) is 0 Å². The fraction of sp³-hybridized carbons (Fsp3) is 0.273. The molecule has 0 aliphatic heterocycles. The first-order valence-corrected chi connectivity index (χ1v) is 17.3. The minimum absolute atomic E-state index is 0. The molecule has 0 aliphatic carbocycles. The first kappa shape index (κ1) is 43.7. The molecule has 0 saturated carbocycles. The molecular formula is C44H50Br2N4Ni. The second-order valence-corrected chi connectivity index (χ2v) is 13.7. The summed E-state index contributed by atoms with van der Waals surface area (Å²) in [5.74, 6) is 2.51. The van der Waals surface area contributed by atoms with Crippen LogP contribution in [-0.4, -0.2) is 11.7 Å². The van der Waals surface area contributed by atoms with Crippen LogP contribution >= 0.6 is 0 Å². The van der Waals surface area contributed by atoms with E-state index in [0.29, 0.717) is 29.5 Å². The van der Waals surface area contributed by atoms with E-state index < -0.39 is 0 Å². The third kappa shape index (κ3) is 10.1. The average Bonchev–Trinajstić information content (AvgIpc) is 3.08. The standard InChI is InChI=1S/C44H50N4.2BrH.Ni/c1-29(2)35-24-17-25-36(30(3)4)41(35)46-43(45)39-23-15-16-28-40(39)48(34-21-13-10-14-22-34)44(33-19-11-9-12-20-33)47-42-37(31(5)6)26-18-27-38(42)32(7)8;;;/h9-32H,1-8H3,(H2,45,46);2*1H;/q;;;+2/p-2. The minimum Gasteiger partial charge on any atom is -1.00 e. The fourth-order valence-corrected chi connectivity index (χ4v) is 6.24. The van der Waals surface area contributed by atoms with Crippen LogP contribution in [0.15, 0.2) is 131 Å². The Morgan fingerprint density at radius 1 is 0.490 bits per heavy atom. The second-order valence-electron chi connectivity index (χ2n) is 13.7. The van der Waals surface area contributed by atoms with Gasteiger partial charge in [-0.1, -0.05) is 152 Å². The second kappa shape index (κ2) is 19.9. The van der Waals surface area contributed by atoms with E-state index >= 15 is 0 Å². The molecule has 5 aromatic rings. The van der Waals surface area contributed by atoms with Gasteiger partial charge in [0.1, 0.15) is 11.7 Å². The maximum absolute atomic E-state index is 7.08. The number of nitrogens with zero attached hydrogens (tertiary/aromatic N) is 3. The van der Waals surface area contributed by atoms with Gasteiger partial charge in [-0.3, -0.25) is 4.90 Å². The number of halogens is 2. The molecule has 7 heteroatoms. The Morgan fingerprint density at radius 3 is 1.33 bits per heavy atom. The zero-order valence-corrected chi connectivity index (χ0v) is 35.0. The largest absolute Gasteiger partial charge is 2.00 e. The molecule has 0 aromatic heterocycles. The average molecular weight is 853 g/mol. The molecular weight excluding hydrogens is 803 g/mol. The third-order valence-corrected chi connectivity index (χ3v) is 8.81. The van der Waals surface area contributed by atoms with E-state index in [0.717, 1.165) is 39.7 Å². The molecule has 0 fully saturated rings. The van der Waals surface area contributed by atoms with Crippen LogP contribution in [0.4, 0.5) is 22.7 Å². The molecule has 270 valence electrons. The van der Waals surface area contributed by atoms with Gasteiger partial charge in [0.05, 0.1) is 17.1 Å². The number of benzene rings is 5. The van der Waals surface area contributed by atoms with E-state index in [1.165, 1.54) is 22.3 Å². The Hall–Kier alpha value is -3.51. The predicted molar refractivity (Wildman–Crippen MR) is 207 cm³/mol. The van der Waals surface area contributed by atoms with Gasteiger partial charge in [0.25, 0.3) is 0 Å². The number of hydrogen-bond acceptors (Lipinski definition) is 2. The number of anilines is 2. The molecule has 0 aliphatic rings. The fourth-order valence-electron chi connectivity index (χ4n) is 6.24. The first-order chi connectivity index (χ1) is 23.1. The van der Waals surface area contributed by atoms with Crippen LogP contribution in [0.25, 0.3) is 0 Å². The summed E-state index contributed by atoms with van der Waals surface area (Å²) in [6.45, 7) is 17.8. The summed E-state index contributed by atoms with van der Waals surface area (Å²) in [5, 5.41) is 0. The van der Waals surface area contributed by atoms with Crippen LogP contribution in [0, 0.1) is 0 Å². The van der Waals surface area contributed by atoms with E-state index in [2.05, 4.69) is 163 Å². The zero-order valence-electron chi connectivity index (χ0n) is 30.8. The van der Waals surface area contributed by atoms with Gasteiger partial charge in [-0.2, -0.15) is 0 Å². The molecule has 0 radical (unpaired) electrons. The molecule has 5 rings (SSSR count). The van der Waals surface area contributed by atoms with Crippen LogP contribution in [-0.2, 0) is 16.5 Å². The molecule has 0 heterocycles. The summed E-state index contributed by atoms with van der Waals surface area (Å²) < 4.78 is 0. The molecule has 51 heavy (non-hydrogen) atoms. The van der Waals surface area contributed by atoms with Crippen molar-refractivity contribution in [2.45, 2.75) is 79.1 Å². The quantitative estimate of drug-likeness (QED) is 0.104. The third-order valence-electron chi connectivity index (χ3n) is 8.81. The molecule has 0 amide bonds. The SMILES string of the molecule is CC(C)c1cccc(C(C)C)c1N=C(N)c1ccccc1N(C(=Nc1c(C(C)C)cccc1C(C)C)c1ccccc1)c1ccccc1.[Br-].[Br-].[Ni+2]. The van der Waals surface area contributed by atoms with Crippen LogP contribution in [0.2, 0.25) is 0 Å². The number of nitrogens with two attached hydrogens (primary N) is 1. The summed E-state index contributed by atoms with van der Waals surface area (Å²) >= 11 is 0. The number of rotatable bonds is 10. The summed E-state index contributed by atoms with van der Waals surface area (Å²) in [6.07, 6.45) is 0. The normalized spacial score (nSPS) is 11.7. The predicted octanol–water partition coefficient (Wildman–Crippen LogP) is 6.14. The Labute approximate surface area is 337 Å². The summed E-state index contributed by atoms with van der Waals surface area (Å²) in [6, 6.07) is 42.3. The maximum atomic E-state index is 7.08. The molecule has 4 nitrogen and oxygen atoms in total. The minimum atomic E-state index is 0. The van der Waals surface area contributed by atoms with Crippen molar-refractivity contribution in [1.82, 2.24) is 0 Å². The van der Waals surface area contributed by atoms with Crippen LogP contribution in [0.5, 0.6) is 0 Å². The van der Waals surface area contributed by atoms with E-state index in [-0.39, 0.29) is 50.5 Å². The van der Waals surface area contributed by atoms with Gasteiger partial charge in [0, 0.05) is 16.8 Å². The first-order valence-electron chi connectivity index (χ1n) is 17.3. The van der Waals surface area contributed by atoms with Gasteiger partial charge >= 0.3 is 16.5 Å². The molecule has 5 aromatic carbocycles. The Kier molecular flexibility index (Phi) is 17.1. The van der Waals surface area contributed by atoms with Gasteiger partial charge in [0.2, 0.25) is 0 Å². The number of aliphatic imine (C=N–C) groups is 2. The number of amidine groups is 2. The smallest absolute Gasteiger partial charge is 1.00 e. The van der Waals surface area contributed by atoms with Gasteiger partial charge in [0.15, 0.2) is 0 Å². The van der Waals surface area contributed by atoms with Crippen LogP contribution in [0.3, 0.4) is 0 Å². The zero-order chi connectivity index (χ0) is 34.4. The number of para-hydroxylation sites is 4. The van der Waals surface area contributed by atoms with E-state index in [1.54, 1.807) is 0 Å². The van der Waals surface area contributed by atoms with Crippen molar-refractivity contribution in [3.05, 3.63) is 155 Å². The molecule has 0 bridgehead atoms. The van der Waals surface area contributed by atoms with E-state index in [1.807, 2.05) is 18.2 Å². The Balaban J connectivity index is 0.00000300. The van der Waals surface area contributed by atoms with Crippen molar-refractivity contribution in [2.75, 3.05) is 4.90 Å². The topological polar surface area (TPSA) is 54.0 Å². The molecule has 2 N–H and O–H groups in total. The Morgan fingerprint density at radius 2 is 0.882 bits per heavy atom. The summed E-state index contributed by atoms with van der Waals surface area (Å²) in [7, 11) is 0. The maximum Gasteiger partial charge on any atom is 2.00 e. The van der Waals surface area contributed by atoms with Crippen molar-refractivity contribution in [2.24, 2.45) is 15.7 Å². The van der Waals surface area contributed by atoms with Crippen molar-refractivity contribution >= 4 is 34.4 Å². The van der Waals surface area contributed by atoms with Crippen LogP contribution in [0.1, 0.15) is 112 Å². The van der Waals surface area contributed by atoms with Gasteiger partial charge in [-0.25, -0.2) is 9.98 Å².